The molecule has 0 spiro atoms. The largest absolute Gasteiger partial charge is 0.448 e. The van der Waals surface area contributed by atoms with Gasteiger partial charge in [-0.1, -0.05) is 41.9 Å². The summed E-state index contributed by atoms with van der Waals surface area (Å²) >= 11 is 6.02. The quantitative estimate of drug-likeness (QED) is 0.704. The first kappa shape index (κ1) is 17.3. The summed E-state index contributed by atoms with van der Waals surface area (Å²) in [4.78, 5) is 24.7. The summed E-state index contributed by atoms with van der Waals surface area (Å²) < 4.78 is 6.95. The molecule has 4 rings (SSSR count). The maximum absolute atomic E-state index is 12.6. The van der Waals surface area contributed by atoms with Gasteiger partial charge in [0.05, 0.1) is 18.3 Å². The van der Waals surface area contributed by atoms with Crippen LogP contribution in [-0.4, -0.2) is 27.8 Å². The van der Waals surface area contributed by atoms with Crippen LogP contribution in [0.2, 0.25) is 5.02 Å². The number of carbonyl (C=O) groups is 2. The predicted molar refractivity (Wildman–Crippen MR) is 101 cm³/mol. The molecule has 0 fully saturated rings. The van der Waals surface area contributed by atoms with Gasteiger partial charge in [0.2, 0.25) is 0 Å². The molecule has 1 unspecified atom stereocenters. The Hall–Kier alpha value is -3.12. The number of ether oxygens (including phenoxy) is 1. The number of nitrogens with zero attached hydrogens (tertiary/aromatic N) is 2. The van der Waals surface area contributed by atoms with Crippen molar-refractivity contribution in [1.29, 1.82) is 0 Å². The Kier molecular flexibility index (Phi) is 4.64. The fourth-order valence-electron chi connectivity index (χ4n) is 3.06. The standard InChI is InChI=1S/C20H16ClN3O3/c21-15-6-3-4-13(10-15)12-24-18(8-9-22-24)23-19(25)17-11-14-5-1-2-7-16(14)20(26)27-17/h1-10,17H,11-12H2,(H,23,25). The van der Waals surface area contributed by atoms with Crippen LogP contribution in [0.4, 0.5) is 5.82 Å². The summed E-state index contributed by atoms with van der Waals surface area (Å²) in [6.07, 6.45) is 1.07. The Morgan fingerprint density at radius 1 is 1.22 bits per heavy atom. The van der Waals surface area contributed by atoms with E-state index in [-0.39, 0.29) is 5.91 Å². The summed E-state index contributed by atoms with van der Waals surface area (Å²) in [6.45, 7) is 0.455. The molecule has 1 aliphatic rings. The highest BCUT2D eigenvalue weighted by Gasteiger charge is 2.31. The summed E-state index contributed by atoms with van der Waals surface area (Å²) in [5.41, 5.74) is 2.27. The smallest absolute Gasteiger partial charge is 0.339 e. The van der Waals surface area contributed by atoms with Crippen LogP contribution in [0.15, 0.2) is 60.8 Å². The van der Waals surface area contributed by atoms with Gasteiger partial charge in [-0.2, -0.15) is 5.10 Å². The number of fused-ring (bicyclic) bond motifs is 1. The van der Waals surface area contributed by atoms with Crippen LogP contribution >= 0.6 is 11.6 Å². The number of carbonyl (C=O) groups excluding carboxylic acids is 2. The van der Waals surface area contributed by atoms with E-state index in [1.807, 2.05) is 30.3 Å². The molecule has 0 radical (unpaired) electrons. The molecule has 1 N–H and O–H groups in total. The van der Waals surface area contributed by atoms with E-state index in [1.165, 1.54) is 0 Å². The van der Waals surface area contributed by atoms with Gasteiger partial charge in [-0.15, -0.1) is 0 Å². The lowest BCUT2D eigenvalue weighted by Gasteiger charge is -2.23. The highest BCUT2D eigenvalue weighted by atomic mass is 35.5. The van der Waals surface area contributed by atoms with Crippen molar-refractivity contribution in [3.05, 3.63) is 82.5 Å². The van der Waals surface area contributed by atoms with E-state index >= 15 is 0 Å². The lowest BCUT2D eigenvalue weighted by molar-refractivity contribution is -0.125. The second kappa shape index (κ2) is 7.25. The highest BCUT2D eigenvalue weighted by Crippen LogP contribution is 2.22. The van der Waals surface area contributed by atoms with Crippen LogP contribution in [0.3, 0.4) is 0 Å². The van der Waals surface area contributed by atoms with Crippen molar-refractivity contribution in [1.82, 2.24) is 9.78 Å². The fourth-order valence-corrected chi connectivity index (χ4v) is 3.27. The van der Waals surface area contributed by atoms with Crippen molar-refractivity contribution in [3.8, 4) is 0 Å². The van der Waals surface area contributed by atoms with E-state index in [4.69, 9.17) is 16.3 Å². The lowest BCUT2D eigenvalue weighted by Crippen LogP contribution is -2.38. The number of nitrogens with one attached hydrogen (secondary N) is 1. The minimum atomic E-state index is -0.873. The SMILES string of the molecule is O=C1OC(C(=O)Nc2ccnn2Cc2cccc(Cl)c2)Cc2ccccc21. The molecule has 7 heteroatoms. The topological polar surface area (TPSA) is 73.2 Å². The Balaban J connectivity index is 1.48. The summed E-state index contributed by atoms with van der Waals surface area (Å²) in [6, 6.07) is 16.3. The molecular weight excluding hydrogens is 366 g/mol. The number of anilines is 1. The van der Waals surface area contributed by atoms with Crippen molar-refractivity contribution in [2.45, 2.75) is 19.1 Å². The molecule has 0 saturated heterocycles. The van der Waals surface area contributed by atoms with Gasteiger partial charge >= 0.3 is 5.97 Å². The van der Waals surface area contributed by atoms with Gasteiger partial charge in [0.15, 0.2) is 6.10 Å². The number of amides is 1. The number of hydrogen-bond donors (Lipinski definition) is 1. The van der Waals surface area contributed by atoms with Crippen LogP contribution in [0.25, 0.3) is 0 Å². The van der Waals surface area contributed by atoms with Gasteiger partial charge in [-0.3, -0.25) is 4.79 Å². The average Bonchev–Trinajstić information content (AvgIpc) is 3.08. The van der Waals surface area contributed by atoms with Gasteiger partial charge in [0.25, 0.3) is 5.91 Å². The Morgan fingerprint density at radius 2 is 2.07 bits per heavy atom. The molecule has 3 aromatic rings. The van der Waals surface area contributed by atoms with Crippen LogP contribution < -0.4 is 5.32 Å². The lowest BCUT2D eigenvalue weighted by atomic mass is 9.98. The molecule has 6 nitrogen and oxygen atoms in total. The molecule has 1 aliphatic heterocycles. The first-order chi connectivity index (χ1) is 13.1. The molecule has 2 aromatic carbocycles. The number of esters is 1. The molecule has 1 amide bonds. The summed E-state index contributed by atoms with van der Waals surface area (Å²) in [5.74, 6) is -0.343. The molecular formula is C20H16ClN3O3. The van der Waals surface area contributed by atoms with Crippen molar-refractivity contribution >= 4 is 29.3 Å². The van der Waals surface area contributed by atoms with E-state index in [0.717, 1.165) is 11.1 Å². The maximum Gasteiger partial charge on any atom is 0.339 e. The van der Waals surface area contributed by atoms with Crippen LogP contribution in [0, 0.1) is 0 Å². The fraction of sp³-hybridized carbons (Fsp3) is 0.150. The Labute approximate surface area is 160 Å². The van der Waals surface area contributed by atoms with Gasteiger partial charge in [-0.05, 0) is 29.3 Å². The molecule has 0 bridgehead atoms. The molecule has 2 heterocycles. The third kappa shape index (κ3) is 3.71. The van der Waals surface area contributed by atoms with Crippen molar-refractivity contribution in [2.75, 3.05) is 5.32 Å². The number of benzene rings is 2. The molecule has 0 aliphatic carbocycles. The van der Waals surface area contributed by atoms with E-state index in [1.54, 1.807) is 35.1 Å². The van der Waals surface area contributed by atoms with E-state index in [2.05, 4.69) is 10.4 Å². The maximum atomic E-state index is 12.6. The zero-order chi connectivity index (χ0) is 18.8. The van der Waals surface area contributed by atoms with Gasteiger partial charge in [0, 0.05) is 17.5 Å². The number of halogens is 1. The first-order valence-electron chi connectivity index (χ1n) is 8.46. The monoisotopic (exact) mass is 381 g/mol. The zero-order valence-electron chi connectivity index (χ0n) is 14.3. The number of hydrogen-bond acceptors (Lipinski definition) is 4. The molecule has 1 atom stereocenters. The second-order valence-corrected chi connectivity index (χ2v) is 6.68. The average molecular weight is 382 g/mol. The minimum absolute atomic E-state index is 0.343. The molecule has 0 saturated carbocycles. The highest BCUT2D eigenvalue weighted by molar-refractivity contribution is 6.30. The normalized spacial score (nSPS) is 15.7. The van der Waals surface area contributed by atoms with Crippen molar-refractivity contribution in [3.63, 3.8) is 0 Å². The van der Waals surface area contributed by atoms with E-state index in [0.29, 0.717) is 29.4 Å². The predicted octanol–water partition coefficient (Wildman–Crippen LogP) is 3.31. The van der Waals surface area contributed by atoms with Gasteiger partial charge < -0.3 is 10.1 Å². The van der Waals surface area contributed by atoms with Crippen LogP contribution in [-0.2, 0) is 22.5 Å². The molecule has 136 valence electrons. The third-order valence-corrected chi connectivity index (χ3v) is 4.61. The van der Waals surface area contributed by atoms with E-state index in [9.17, 15) is 9.59 Å². The first-order valence-corrected chi connectivity index (χ1v) is 8.84. The molecule has 27 heavy (non-hydrogen) atoms. The Morgan fingerprint density at radius 3 is 2.93 bits per heavy atom. The Bertz CT molecular complexity index is 1010. The molecule has 1 aromatic heterocycles. The summed E-state index contributed by atoms with van der Waals surface area (Å²) in [5, 5.41) is 7.68. The third-order valence-electron chi connectivity index (χ3n) is 4.37. The van der Waals surface area contributed by atoms with E-state index < -0.39 is 12.1 Å². The van der Waals surface area contributed by atoms with Crippen molar-refractivity contribution in [2.24, 2.45) is 0 Å². The van der Waals surface area contributed by atoms with Gasteiger partial charge in [-0.25, -0.2) is 9.48 Å². The second-order valence-electron chi connectivity index (χ2n) is 6.25. The van der Waals surface area contributed by atoms with Gasteiger partial charge in [0.1, 0.15) is 5.82 Å². The minimum Gasteiger partial charge on any atom is -0.448 e. The number of aromatic nitrogens is 2. The summed E-state index contributed by atoms with van der Waals surface area (Å²) in [7, 11) is 0. The van der Waals surface area contributed by atoms with Crippen LogP contribution in [0.1, 0.15) is 21.5 Å². The van der Waals surface area contributed by atoms with Crippen LogP contribution in [0.5, 0.6) is 0 Å². The number of cyclic esters (lactones) is 1. The zero-order valence-corrected chi connectivity index (χ0v) is 15.0. The van der Waals surface area contributed by atoms with Crippen molar-refractivity contribution < 1.29 is 14.3 Å². The number of rotatable bonds is 4.